The summed E-state index contributed by atoms with van der Waals surface area (Å²) in [6.07, 6.45) is 1.32. The summed E-state index contributed by atoms with van der Waals surface area (Å²) in [5, 5.41) is 3.14. The molecule has 0 saturated carbocycles. The van der Waals surface area contributed by atoms with E-state index in [9.17, 15) is 8.78 Å². The fourth-order valence-corrected chi connectivity index (χ4v) is 2.51. The van der Waals surface area contributed by atoms with Crippen molar-refractivity contribution >= 4 is 49.9 Å². The van der Waals surface area contributed by atoms with E-state index in [0.29, 0.717) is 15.7 Å². The van der Waals surface area contributed by atoms with E-state index in [-0.39, 0.29) is 16.2 Å². The Morgan fingerprint density at radius 3 is 2.62 bits per heavy atom. The third kappa shape index (κ3) is 2.82. The molecule has 2 aromatic carbocycles. The highest BCUT2D eigenvalue weighted by molar-refractivity contribution is 9.10. The van der Waals surface area contributed by atoms with Crippen LogP contribution in [-0.4, -0.2) is 9.97 Å². The van der Waals surface area contributed by atoms with Gasteiger partial charge < -0.3 is 5.32 Å². The Balaban J connectivity index is 2.10. The normalized spacial score (nSPS) is 10.9. The highest BCUT2D eigenvalue weighted by atomic mass is 79.9. The van der Waals surface area contributed by atoms with Gasteiger partial charge in [-0.3, -0.25) is 0 Å². The number of nitrogens with zero attached hydrogens (tertiary/aromatic N) is 2. The van der Waals surface area contributed by atoms with Crippen LogP contribution in [0.15, 0.2) is 41.1 Å². The van der Waals surface area contributed by atoms with Gasteiger partial charge in [-0.1, -0.05) is 27.5 Å². The van der Waals surface area contributed by atoms with Gasteiger partial charge in [0.25, 0.3) is 0 Å². The number of fused-ring (bicyclic) bond motifs is 1. The highest BCUT2D eigenvalue weighted by Crippen LogP contribution is 2.29. The van der Waals surface area contributed by atoms with Gasteiger partial charge in [-0.25, -0.2) is 18.7 Å². The third-order valence-corrected chi connectivity index (χ3v) is 3.58. The first-order chi connectivity index (χ1) is 10.0. The van der Waals surface area contributed by atoms with Crippen LogP contribution < -0.4 is 5.32 Å². The summed E-state index contributed by atoms with van der Waals surface area (Å²) in [6.45, 7) is 0. The van der Waals surface area contributed by atoms with Crippen LogP contribution in [0.25, 0.3) is 10.9 Å². The lowest BCUT2D eigenvalue weighted by Crippen LogP contribution is -1.98. The zero-order chi connectivity index (χ0) is 15.0. The van der Waals surface area contributed by atoms with Crippen molar-refractivity contribution < 1.29 is 8.78 Å². The molecule has 1 N–H and O–H groups in total. The van der Waals surface area contributed by atoms with E-state index in [2.05, 4.69) is 31.2 Å². The molecule has 21 heavy (non-hydrogen) atoms. The summed E-state index contributed by atoms with van der Waals surface area (Å²) < 4.78 is 27.9. The molecule has 3 rings (SSSR count). The molecule has 0 saturated heterocycles. The van der Waals surface area contributed by atoms with E-state index in [1.165, 1.54) is 30.6 Å². The van der Waals surface area contributed by atoms with Crippen LogP contribution in [0.3, 0.4) is 0 Å². The van der Waals surface area contributed by atoms with E-state index in [0.717, 1.165) is 0 Å². The first-order valence-electron chi connectivity index (χ1n) is 5.86. The molecule has 0 radical (unpaired) electrons. The molecular weight excluding hydrogens is 364 g/mol. The van der Waals surface area contributed by atoms with E-state index in [1.807, 2.05) is 0 Å². The molecule has 1 heterocycles. The van der Waals surface area contributed by atoms with Crippen molar-refractivity contribution in [1.29, 1.82) is 0 Å². The van der Waals surface area contributed by atoms with Crippen LogP contribution in [0.2, 0.25) is 5.02 Å². The van der Waals surface area contributed by atoms with Gasteiger partial charge >= 0.3 is 0 Å². The van der Waals surface area contributed by atoms with Crippen LogP contribution in [0, 0.1) is 11.6 Å². The Kier molecular flexibility index (Phi) is 3.73. The lowest BCUT2D eigenvalue weighted by Gasteiger charge is -2.09. The second-order valence-corrected chi connectivity index (χ2v) is 5.58. The fourth-order valence-electron chi connectivity index (χ4n) is 1.91. The van der Waals surface area contributed by atoms with Gasteiger partial charge in [-0.15, -0.1) is 0 Å². The largest absolute Gasteiger partial charge is 0.339 e. The maximum absolute atomic E-state index is 14.1. The third-order valence-electron chi connectivity index (χ3n) is 2.84. The fraction of sp³-hybridized carbons (Fsp3) is 0. The van der Waals surface area contributed by atoms with Gasteiger partial charge in [-0.05, 0) is 30.3 Å². The van der Waals surface area contributed by atoms with Gasteiger partial charge in [0, 0.05) is 10.2 Å². The highest BCUT2D eigenvalue weighted by Gasteiger charge is 2.11. The second kappa shape index (κ2) is 5.54. The van der Waals surface area contributed by atoms with Crippen molar-refractivity contribution in [2.24, 2.45) is 0 Å². The van der Waals surface area contributed by atoms with E-state index >= 15 is 0 Å². The maximum Gasteiger partial charge on any atom is 0.144 e. The minimum atomic E-state index is -0.523. The second-order valence-electron chi connectivity index (χ2n) is 4.26. The average molecular weight is 371 g/mol. The Bertz CT molecular complexity index is 842. The lowest BCUT2D eigenvalue weighted by molar-refractivity contribution is 0.628. The van der Waals surface area contributed by atoms with E-state index in [4.69, 9.17) is 11.6 Å². The van der Waals surface area contributed by atoms with Crippen molar-refractivity contribution in [3.8, 4) is 0 Å². The summed E-state index contributed by atoms with van der Waals surface area (Å²) in [5.74, 6) is -0.701. The summed E-state index contributed by atoms with van der Waals surface area (Å²) in [4.78, 5) is 8.06. The van der Waals surface area contributed by atoms with Crippen molar-refractivity contribution in [1.82, 2.24) is 9.97 Å². The topological polar surface area (TPSA) is 37.8 Å². The summed E-state index contributed by atoms with van der Waals surface area (Å²) in [5.41, 5.74) is 0.955. The molecule has 0 unspecified atom stereocenters. The minimum Gasteiger partial charge on any atom is -0.339 e. The van der Waals surface area contributed by atoms with E-state index in [1.54, 1.807) is 6.07 Å². The molecule has 0 amide bonds. The Labute approximate surface area is 132 Å². The number of anilines is 2. The smallest absolute Gasteiger partial charge is 0.144 e. The van der Waals surface area contributed by atoms with Crippen molar-refractivity contribution in [3.05, 3.63) is 57.8 Å². The standard InChI is InChI=1S/C14H7BrClF2N3/c15-7-3-11(18)13-12(4-7)19-6-20-14(13)21-8-1-2-10(17)9(16)5-8/h1-6H,(H,19,20,21). The Morgan fingerprint density at radius 2 is 1.86 bits per heavy atom. The first-order valence-corrected chi connectivity index (χ1v) is 7.03. The van der Waals surface area contributed by atoms with Gasteiger partial charge in [0.05, 0.1) is 15.9 Å². The molecule has 0 bridgehead atoms. The predicted molar refractivity (Wildman–Crippen MR) is 81.9 cm³/mol. The molecule has 3 aromatic rings. The zero-order valence-electron chi connectivity index (χ0n) is 10.4. The molecule has 7 heteroatoms. The number of halogens is 4. The molecule has 0 aliphatic heterocycles. The number of hydrogen-bond acceptors (Lipinski definition) is 3. The van der Waals surface area contributed by atoms with Crippen LogP contribution >= 0.6 is 27.5 Å². The van der Waals surface area contributed by atoms with Crippen molar-refractivity contribution in [3.63, 3.8) is 0 Å². The van der Waals surface area contributed by atoms with Gasteiger partial charge in [0.1, 0.15) is 23.8 Å². The molecule has 0 fully saturated rings. The van der Waals surface area contributed by atoms with Crippen LogP contribution in [-0.2, 0) is 0 Å². The Morgan fingerprint density at radius 1 is 1.05 bits per heavy atom. The van der Waals surface area contributed by atoms with Crippen molar-refractivity contribution in [2.45, 2.75) is 0 Å². The zero-order valence-corrected chi connectivity index (χ0v) is 12.7. The number of aromatic nitrogens is 2. The molecule has 0 aliphatic rings. The molecule has 0 aliphatic carbocycles. The van der Waals surface area contributed by atoms with Crippen LogP contribution in [0.4, 0.5) is 20.3 Å². The Hall–Kier alpha value is -1.79. The summed E-state index contributed by atoms with van der Waals surface area (Å²) >= 11 is 8.93. The minimum absolute atomic E-state index is 0.0263. The van der Waals surface area contributed by atoms with Gasteiger partial charge in [0.2, 0.25) is 0 Å². The van der Waals surface area contributed by atoms with Gasteiger partial charge in [-0.2, -0.15) is 0 Å². The number of benzene rings is 2. The SMILES string of the molecule is Fc1ccc(Nc2ncnc3cc(Br)cc(F)c23)cc1Cl. The molecule has 1 aromatic heterocycles. The monoisotopic (exact) mass is 369 g/mol. The van der Waals surface area contributed by atoms with Crippen LogP contribution in [0.5, 0.6) is 0 Å². The predicted octanol–water partition coefficient (Wildman–Crippen LogP) is 5.07. The molecular formula is C14H7BrClF2N3. The first kappa shape index (κ1) is 14.2. The molecule has 0 atom stereocenters. The quantitative estimate of drug-likeness (QED) is 0.684. The lowest BCUT2D eigenvalue weighted by atomic mass is 10.2. The number of hydrogen-bond donors (Lipinski definition) is 1. The number of nitrogens with one attached hydrogen (secondary N) is 1. The molecule has 0 spiro atoms. The molecule has 3 nitrogen and oxygen atoms in total. The van der Waals surface area contributed by atoms with Crippen LogP contribution in [0.1, 0.15) is 0 Å². The van der Waals surface area contributed by atoms with Crippen molar-refractivity contribution in [2.75, 3.05) is 5.32 Å². The number of rotatable bonds is 2. The summed E-state index contributed by atoms with van der Waals surface area (Å²) in [7, 11) is 0. The van der Waals surface area contributed by atoms with Gasteiger partial charge in [0.15, 0.2) is 0 Å². The average Bonchev–Trinajstić information content (AvgIpc) is 2.42. The maximum atomic E-state index is 14.1. The van der Waals surface area contributed by atoms with E-state index < -0.39 is 11.6 Å². The molecule has 106 valence electrons. The summed E-state index contributed by atoms with van der Waals surface area (Å²) in [6, 6.07) is 7.13.